The van der Waals surface area contributed by atoms with Gasteiger partial charge in [-0.25, -0.2) is 14.1 Å². The van der Waals surface area contributed by atoms with E-state index in [1.807, 2.05) is 0 Å². The highest BCUT2D eigenvalue weighted by Gasteiger charge is 2.55. The average molecular weight is 575 g/mol. The largest absolute Gasteiger partial charge is 0.462 e. The molecule has 40 heavy (non-hydrogen) atoms. The molecular formula is C24H31N8O7P. The first-order chi connectivity index (χ1) is 19.0. The van der Waals surface area contributed by atoms with Crippen LogP contribution in [0.15, 0.2) is 53.9 Å². The number of nitrogens with one attached hydrogen (secondary N) is 1. The summed E-state index contributed by atoms with van der Waals surface area (Å²) in [6.45, 7) is 5.89. The van der Waals surface area contributed by atoms with Gasteiger partial charge < -0.3 is 24.8 Å². The quantitative estimate of drug-likeness (QED) is 0.0994. The third-order valence-corrected chi connectivity index (χ3v) is 7.91. The van der Waals surface area contributed by atoms with Gasteiger partial charge >= 0.3 is 13.7 Å². The monoisotopic (exact) mass is 574 g/mol. The minimum atomic E-state index is -4.24. The van der Waals surface area contributed by atoms with Gasteiger partial charge in [-0.15, -0.1) is 0 Å². The van der Waals surface area contributed by atoms with Crippen molar-refractivity contribution in [1.29, 1.82) is 0 Å². The van der Waals surface area contributed by atoms with Gasteiger partial charge in [-0.1, -0.05) is 23.3 Å². The summed E-state index contributed by atoms with van der Waals surface area (Å²) in [5, 5.41) is 21.9. The molecule has 0 bridgehead atoms. The molecule has 1 unspecified atom stereocenters. The summed E-state index contributed by atoms with van der Waals surface area (Å²) in [7, 11) is -4.24. The number of benzene rings is 1. The maximum Gasteiger partial charge on any atom is 0.459 e. The Balaban J connectivity index is 1.60. The molecule has 1 aliphatic heterocycles. The van der Waals surface area contributed by atoms with Crippen molar-refractivity contribution in [2.24, 2.45) is 5.11 Å². The summed E-state index contributed by atoms with van der Waals surface area (Å²) in [6.07, 6.45) is -2.65. The van der Waals surface area contributed by atoms with Crippen LogP contribution in [0.4, 0.5) is 5.82 Å². The van der Waals surface area contributed by atoms with Crippen LogP contribution in [0.1, 0.15) is 39.5 Å². The van der Waals surface area contributed by atoms with Crippen molar-refractivity contribution in [2.45, 2.75) is 63.7 Å². The standard InChI is InChI=1S/C24H31N8O7P/c1-14(2)37-23(34)15(3)29-40(35,39-16-8-6-5-7-9-16)36-12-19-20(33)24(4,30-31-26)21(38-19)17-10-11-18-22(25)27-13-28-32(17)18/h5-11,13-15,19-21,33H,12H2,1-4H3,(H,29,35)(H2,25,27,28)/t15-,19+,20+,21-,24+,40?/m0/s1. The number of aliphatic hydroxyl groups is 1. The molecule has 2 aromatic heterocycles. The van der Waals surface area contributed by atoms with Gasteiger partial charge in [0.15, 0.2) is 5.82 Å². The number of aromatic nitrogens is 3. The van der Waals surface area contributed by atoms with E-state index in [1.165, 1.54) is 24.7 Å². The smallest absolute Gasteiger partial charge is 0.459 e. The van der Waals surface area contributed by atoms with Crippen molar-refractivity contribution in [3.8, 4) is 5.75 Å². The van der Waals surface area contributed by atoms with E-state index in [4.69, 9.17) is 24.3 Å². The van der Waals surface area contributed by atoms with Crippen LogP contribution in [0.2, 0.25) is 0 Å². The molecule has 15 nitrogen and oxygen atoms in total. The number of anilines is 1. The molecule has 214 valence electrons. The van der Waals surface area contributed by atoms with Crippen LogP contribution in [0.25, 0.3) is 16.0 Å². The number of nitrogens with two attached hydrogens (primary N) is 1. The Kier molecular flexibility index (Phi) is 8.64. The van der Waals surface area contributed by atoms with Crippen LogP contribution >= 0.6 is 7.75 Å². The minimum absolute atomic E-state index is 0.212. The summed E-state index contributed by atoms with van der Waals surface area (Å²) in [5.74, 6) is -0.227. The molecule has 0 saturated carbocycles. The number of nitrogens with zero attached hydrogens (tertiary/aromatic N) is 6. The number of aliphatic hydroxyl groups excluding tert-OH is 1. The highest BCUT2D eigenvalue weighted by atomic mass is 31.2. The molecule has 3 heterocycles. The van der Waals surface area contributed by atoms with Crippen LogP contribution in [-0.4, -0.2) is 62.2 Å². The molecule has 1 aliphatic rings. The lowest BCUT2D eigenvalue weighted by atomic mass is 9.88. The Morgan fingerprint density at radius 2 is 2.05 bits per heavy atom. The molecule has 1 fully saturated rings. The van der Waals surface area contributed by atoms with E-state index in [0.29, 0.717) is 11.2 Å². The van der Waals surface area contributed by atoms with Gasteiger partial charge in [0.2, 0.25) is 0 Å². The number of hydrogen-bond donors (Lipinski definition) is 3. The molecule has 4 rings (SSSR count). The zero-order valence-electron chi connectivity index (χ0n) is 22.3. The first-order valence-corrected chi connectivity index (χ1v) is 14.0. The van der Waals surface area contributed by atoms with Gasteiger partial charge in [0.1, 0.15) is 41.4 Å². The van der Waals surface area contributed by atoms with Crippen molar-refractivity contribution in [3.63, 3.8) is 0 Å². The summed E-state index contributed by atoms with van der Waals surface area (Å²) >= 11 is 0. The second kappa shape index (κ2) is 11.8. The van der Waals surface area contributed by atoms with E-state index < -0.39 is 56.3 Å². The number of carbonyl (C=O) groups excluding carboxylic acids is 1. The predicted molar refractivity (Wildman–Crippen MR) is 143 cm³/mol. The fraction of sp³-hybridized carbons (Fsp3) is 0.458. The van der Waals surface area contributed by atoms with Gasteiger partial charge in [-0.2, -0.15) is 10.2 Å². The normalized spacial score (nSPS) is 24.8. The fourth-order valence-electron chi connectivity index (χ4n) is 4.30. The molecule has 16 heteroatoms. The number of hydrogen-bond acceptors (Lipinski definition) is 11. The average Bonchev–Trinajstić information content (AvgIpc) is 3.43. The Hall–Kier alpha value is -3.71. The van der Waals surface area contributed by atoms with Crippen molar-refractivity contribution in [1.82, 2.24) is 19.7 Å². The number of ether oxygens (including phenoxy) is 2. The highest BCUT2D eigenvalue weighted by Crippen LogP contribution is 2.49. The number of para-hydroxylation sites is 1. The molecular weight excluding hydrogens is 543 g/mol. The Morgan fingerprint density at radius 1 is 1.32 bits per heavy atom. The van der Waals surface area contributed by atoms with Crippen LogP contribution in [0.5, 0.6) is 5.75 Å². The first-order valence-electron chi connectivity index (χ1n) is 12.4. The lowest BCUT2D eigenvalue weighted by molar-refractivity contribution is -0.149. The number of carbonyl (C=O) groups is 1. The molecule has 0 aliphatic carbocycles. The SMILES string of the molecule is CC(C)OC(=O)[C@H](C)NP(=O)(OC[C@H]1O[C@@H](c2ccc3c(N)ncnn23)[C@](C)(N=[N+]=[N-])[C@@H]1O)Oc1ccccc1. The van der Waals surface area contributed by atoms with Crippen molar-refractivity contribution in [2.75, 3.05) is 12.3 Å². The summed E-state index contributed by atoms with van der Waals surface area (Å²) < 4.78 is 38.0. The third kappa shape index (κ3) is 6.04. The van der Waals surface area contributed by atoms with E-state index in [0.717, 1.165) is 0 Å². The number of fused-ring (bicyclic) bond motifs is 1. The number of nitrogen functional groups attached to an aromatic ring is 1. The number of azide groups is 1. The van der Waals surface area contributed by atoms with E-state index in [-0.39, 0.29) is 11.6 Å². The van der Waals surface area contributed by atoms with Crippen molar-refractivity contribution < 1.29 is 33.0 Å². The zero-order valence-corrected chi connectivity index (χ0v) is 23.2. The summed E-state index contributed by atoms with van der Waals surface area (Å²) in [6, 6.07) is 10.5. The molecule has 1 saturated heterocycles. The maximum atomic E-state index is 13.8. The first kappa shape index (κ1) is 29.3. The Morgan fingerprint density at radius 3 is 2.73 bits per heavy atom. The van der Waals surface area contributed by atoms with E-state index >= 15 is 0 Å². The van der Waals surface area contributed by atoms with Crippen LogP contribution in [0, 0.1) is 0 Å². The van der Waals surface area contributed by atoms with Crippen LogP contribution in [0.3, 0.4) is 0 Å². The Labute approximate surface area is 229 Å². The minimum Gasteiger partial charge on any atom is -0.462 e. The van der Waals surface area contributed by atoms with Gasteiger partial charge in [0, 0.05) is 4.91 Å². The lowest BCUT2D eigenvalue weighted by Crippen LogP contribution is -2.42. The Bertz CT molecular complexity index is 1450. The number of rotatable bonds is 11. The number of esters is 1. The third-order valence-electron chi connectivity index (χ3n) is 6.27. The fourth-order valence-corrected chi connectivity index (χ4v) is 5.81. The lowest BCUT2D eigenvalue weighted by Gasteiger charge is -2.27. The highest BCUT2D eigenvalue weighted by molar-refractivity contribution is 7.52. The summed E-state index contributed by atoms with van der Waals surface area (Å²) in [4.78, 5) is 19.3. The molecule has 0 amide bonds. The maximum absolute atomic E-state index is 13.8. The molecule has 4 N–H and O–H groups in total. The van der Waals surface area contributed by atoms with Gasteiger partial charge in [-0.05, 0) is 57.5 Å². The van der Waals surface area contributed by atoms with Crippen LogP contribution < -0.4 is 15.3 Å². The van der Waals surface area contributed by atoms with Crippen molar-refractivity contribution >= 4 is 25.1 Å². The van der Waals surface area contributed by atoms with E-state index in [1.54, 1.807) is 56.3 Å². The molecule has 1 aromatic carbocycles. The molecule has 0 spiro atoms. The zero-order chi connectivity index (χ0) is 29.1. The molecule has 6 atom stereocenters. The van der Waals surface area contributed by atoms with E-state index in [2.05, 4.69) is 25.2 Å². The molecule has 0 radical (unpaired) electrons. The second-order valence-corrected chi connectivity index (χ2v) is 11.3. The van der Waals surface area contributed by atoms with Crippen molar-refractivity contribution in [3.05, 3.63) is 64.9 Å². The van der Waals surface area contributed by atoms with Crippen LogP contribution in [-0.2, 0) is 23.4 Å². The topological polar surface area (TPSA) is 208 Å². The van der Waals surface area contributed by atoms with Gasteiger partial charge in [0.25, 0.3) is 0 Å². The summed E-state index contributed by atoms with van der Waals surface area (Å²) in [5.41, 5.74) is 14.7. The van der Waals surface area contributed by atoms with E-state index in [9.17, 15) is 20.0 Å². The van der Waals surface area contributed by atoms with Gasteiger partial charge in [-0.3, -0.25) is 9.32 Å². The van der Waals surface area contributed by atoms with Gasteiger partial charge in [0.05, 0.1) is 24.5 Å². The molecule has 3 aromatic rings. The predicted octanol–water partition coefficient (Wildman–Crippen LogP) is 3.31. The second-order valence-electron chi connectivity index (χ2n) is 9.65.